The molecule has 2 aromatic heterocycles. The van der Waals surface area contributed by atoms with E-state index >= 15 is 0 Å². The van der Waals surface area contributed by atoms with E-state index in [1.54, 1.807) is 24.7 Å². The zero-order chi connectivity index (χ0) is 12.8. The summed E-state index contributed by atoms with van der Waals surface area (Å²) >= 11 is 0. The molecule has 0 aromatic carbocycles. The fourth-order valence-corrected chi connectivity index (χ4v) is 1.44. The van der Waals surface area contributed by atoms with Crippen molar-refractivity contribution in [2.45, 2.75) is 13.3 Å². The van der Waals surface area contributed by atoms with Gasteiger partial charge in [-0.3, -0.25) is 15.1 Å². The molecule has 2 heterocycles. The van der Waals surface area contributed by atoms with E-state index in [4.69, 9.17) is 0 Å². The summed E-state index contributed by atoms with van der Waals surface area (Å²) in [5.74, 6) is 0.124. The van der Waals surface area contributed by atoms with Crippen molar-refractivity contribution in [2.24, 2.45) is 0 Å². The fourth-order valence-electron chi connectivity index (χ4n) is 1.44. The van der Waals surface area contributed by atoms with Crippen molar-refractivity contribution < 1.29 is 4.79 Å². The Morgan fingerprint density at radius 1 is 1.39 bits per heavy atom. The Hall–Kier alpha value is -2.37. The first kappa shape index (κ1) is 12.1. The van der Waals surface area contributed by atoms with Crippen LogP contribution in [0.1, 0.15) is 23.8 Å². The number of nitrogens with one attached hydrogen (secondary N) is 3. The van der Waals surface area contributed by atoms with E-state index < -0.39 is 0 Å². The molecule has 0 aliphatic carbocycles. The summed E-state index contributed by atoms with van der Waals surface area (Å²) in [4.78, 5) is 22.6. The van der Waals surface area contributed by atoms with E-state index in [9.17, 15) is 4.79 Å². The third kappa shape index (κ3) is 3.07. The number of pyridine rings is 1. The maximum absolute atomic E-state index is 11.9. The maximum atomic E-state index is 11.9. The lowest BCUT2D eigenvalue weighted by atomic mass is 10.3. The number of aromatic nitrogens is 3. The highest BCUT2D eigenvalue weighted by molar-refractivity contribution is 6.02. The minimum absolute atomic E-state index is 0.287. The Kier molecular flexibility index (Phi) is 3.90. The quantitative estimate of drug-likeness (QED) is 0.751. The van der Waals surface area contributed by atoms with Crippen molar-refractivity contribution in [1.82, 2.24) is 15.0 Å². The zero-order valence-electron chi connectivity index (χ0n) is 10.1. The summed E-state index contributed by atoms with van der Waals surface area (Å²) in [5.41, 5.74) is 1.24. The Labute approximate surface area is 105 Å². The third-order valence-corrected chi connectivity index (χ3v) is 2.30. The highest BCUT2D eigenvalue weighted by Gasteiger charge is 2.09. The van der Waals surface area contributed by atoms with E-state index in [-0.39, 0.29) is 5.91 Å². The monoisotopic (exact) mass is 245 g/mol. The van der Waals surface area contributed by atoms with Gasteiger partial charge in [0.1, 0.15) is 5.69 Å². The minimum Gasteiger partial charge on any atom is -0.385 e. The van der Waals surface area contributed by atoms with Gasteiger partial charge in [0.15, 0.2) is 0 Å². The van der Waals surface area contributed by atoms with E-state index in [0.29, 0.717) is 11.6 Å². The van der Waals surface area contributed by atoms with Gasteiger partial charge in [0.2, 0.25) is 5.95 Å². The predicted molar refractivity (Wildman–Crippen MR) is 69.6 cm³/mol. The van der Waals surface area contributed by atoms with Gasteiger partial charge in [0.05, 0.1) is 0 Å². The first-order chi connectivity index (χ1) is 8.79. The van der Waals surface area contributed by atoms with Crippen molar-refractivity contribution in [2.75, 3.05) is 17.2 Å². The molecule has 2 rings (SSSR count). The van der Waals surface area contributed by atoms with Gasteiger partial charge in [-0.05, 0) is 18.6 Å². The molecule has 1 amide bonds. The standard InChI is InChI=1S/C12H15N5O/c1-2-4-13-9-3-5-14-10(8-9)11(18)17-12-15-6-7-16-12/h3,5-8H,2,4H2,1H3,(H,13,14)(H2,15,16,17,18). The highest BCUT2D eigenvalue weighted by atomic mass is 16.2. The largest absolute Gasteiger partial charge is 0.385 e. The molecule has 0 saturated heterocycles. The molecule has 18 heavy (non-hydrogen) atoms. The summed E-state index contributed by atoms with van der Waals surface area (Å²) < 4.78 is 0. The summed E-state index contributed by atoms with van der Waals surface area (Å²) in [7, 11) is 0. The number of amides is 1. The van der Waals surface area contributed by atoms with Gasteiger partial charge in [0, 0.05) is 30.8 Å². The SMILES string of the molecule is CCCNc1ccnc(C(=O)Nc2ncc[nH]2)c1. The van der Waals surface area contributed by atoms with Crippen LogP contribution in [0.15, 0.2) is 30.7 Å². The van der Waals surface area contributed by atoms with Crippen molar-refractivity contribution in [1.29, 1.82) is 0 Å². The van der Waals surface area contributed by atoms with Crippen LogP contribution < -0.4 is 10.6 Å². The van der Waals surface area contributed by atoms with Crippen molar-refractivity contribution >= 4 is 17.5 Å². The summed E-state index contributed by atoms with van der Waals surface area (Å²) in [6, 6.07) is 3.55. The molecule has 0 bridgehead atoms. The number of imidazole rings is 1. The number of carbonyl (C=O) groups is 1. The number of aromatic amines is 1. The van der Waals surface area contributed by atoms with Gasteiger partial charge in [-0.1, -0.05) is 6.92 Å². The highest BCUT2D eigenvalue weighted by Crippen LogP contribution is 2.09. The second-order valence-electron chi connectivity index (χ2n) is 3.75. The third-order valence-electron chi connectivity index (χ3n) is 2.30. The first-order valence-corrected chi connectivity index (χ1v) is 5.80. The van der Waals surface area contributed by atoms with E-state index in [0.717, 1.165) is 18.7 Å². The van der Waals surface area contributed by atoms with Gasteiger partial charge in [-0.25, -0.2) is 4.98 Å². The zero-order valence-corrected chi connectivity index (χ0v) is 10.1. The van der Waals surface area contributed by atoms with Gasteiger partial charge in [0.25, 0.3) is 5.91 Å². The van der Waals surface area contributed by atoms with Crippen molar-refractivity contribution in [3.8, 4) is 0 Å². The molecule has 0 aliphatic heterocycles. The van der Waals surface area contributed by atoms with Crippen LogP contribution in [0.4, 0.5) is 11.6 Å². The summed E-state index contributed by atoms with van der Waals surface area (Å²) in [6.45, 7) is 2.95. The number of hydrogen-bond acceptors (Lipinski definition) is 4. The second kappa shape index (κ2) is 5.81. The van der Waals surface area contributed by atoms with Gasteiger partial charge in [-0.2, -0.15) is 0 Å². The number of hydrogen-bond donors (Lipinski definition) is 3. The normalized spacial score (nSPS) is 10.1. The van der Waals surface area contributed by atoms with Crippen molar-refractivity contribution in [3.05, 3.63) is 36.4 Å². The lowest BCUT2D eigenvalue weighted by Crippen LogP contribution is -2.15. The van der Waals surface area contributed by atoms with Gasteiger partial charge in [-0.15, -0.1) is 0 Å². The number of rotatable bonds is 5. The van der Waals surface area contributed by atoms with Crippen LogP contribution in [0, 0.1) is 0 Å². The van der Waals surface area contributed by atoms with Crippen LogP contribution in [-0.4, -0.2) is 27.4 Å². The number of carbonyl (C=O) groups excluding carboxylic acids is 1. The molecule has 6 nitrogen and oxygen atoms in total. The number of nitrogens with zero attached hydrogens (tertiary/aromatic N) is 2. The van der Waals surface area contributed by atoms with Crippen LogP contribution in [0.2, 0.25) is 0 Å². The summed E-state index contributed by atoms with van der Waals surface area (Å²) in [5, 5.41) is 5.83. The average molecular weight is 245 g/mol. The van der Waals surface area contributed by atoms with E-state index in [1.165, 1.54) is 0 Å². The fraction of sp³-hybridized carbons (Fsp3) is 0.250. The van der Waals surface area contributed by atoms with E-state index in [1.807, 2.05) is 6.07 Å². The Morgan fingerprint density at radius 2 is 2.28 bits per heavy atom. The topological polar surface area (TPSA) is 82.7 Å². The summed E-state index contributed by atoms with van der Waals surface area (Å²) in [6.07, 6.45) is 5.84. The van der Waals surface area contributed by atoms with Crippen LogP contribution in [0.5, 0.6) is 0 Å². The molecule has 0 unspecified atom stereocenters. The second-order valence-corrected chi connectivity index (χ2v) is 3.75. The van der Waals surface area contributed by atoms with Crippen LogP contribution in [-0.2, 0) is 0 Å². The predicted octanol–water partition coefficient (Wildman–Crippen LogP) is 1.88. The number of anilines is 2. The van der Waals surface area contributed by atoms with Gasteiger partial charge >= 0.3 is 0 Å². The molecule has 0 saturated carbocycles. The van der Waals surface area contributed by atoms with Crippen molar-refractivity contribution in [3.63, 3.8) is 0 Å². The van der Waals surface area contributed by atoms with E-state index in [2.05, 4.69) is 32.5 Å². The molecule has 0 atom stereocenters. The maximum Gasteiger partial charge on any atom is 0.276 e. The molecule has 0 fully saturated rings. The molecule has 3 N–H and O–H groups in total. The van der Waals surface area contributed by atoms with Crippen LogP contribution in [0.25, 0.3) is 0 Å². The molecular weight excluding hydrogens is 230 g/mol. The lowest BCUT2D eigenvalue weighted by molar-refractivity contribution is 0.102. The Bertz CT molecular complexity index is 509. The lowest BCUT2D eigenvalue weighted by Gasteiger charge is -2.06. The van der Waals surface area contributed by atoms with Gasteiger partial charge < -0.3 is 10.3 Å². The Morgan fingerprint density at radius 3 is 3.00 bits per heavy atom. The molecule has 0 radical (unpaired) electrons. The minimum atomic E-state index is -0.287. The molecular formula is C12H15N5O. The smallest absolute Gasteiger partial charge is 0.276 e. The average Bonchev–Trinajstić information content (AvgIpc) is 2.89. The van der Waals surface area contributed by atoms with Crippen LogP contribution >= 0.6 is 0 Å². The molecule has 94 valence electrons. The first-order valence-electron chi connectivity index (χ1n) is 5.80. The Balaban J connectivity index is 2.05. The number of H-pyrrole nitrogens is 1. The molecule has 6 heteroatoms. The molecule has 0 aliphatic rings. The molecule has 2 aromatic rings. The van der Waals surface area contributed by atoms with Crippen LogP contribution in [0.3, 0.4) is 0 Å². The molecule has 0 spiro atoms.